The normalized spacial score (nSPS) is 10.6. The molecule has 0 fully saturated rings. The average molecular weight is 287 g/mol. The number of rotatable bonds is 6. The van der Waals surface area contributed by atoms with Crippen LogP contribution in [-0.4, -0.2) is 36.1 Å². The lowest BCUT2D eigenvalue weighted by Gasteiger charge is -2.21. The standard InChI is InChI=1S/C16H21N3O2/c1-12(21)17-8-5-9-19(2)16-14(11-20)10-13-6-3-4-7-15(13)18-16/h3-4,6-7,10,20H,5,8-9,11H2,1-2H3,(H,17,21). The quantitative estimate of drug-likeness (QED) is 0.794. The van der Waals surface area contributed by atoms with Crippen LogP contribution >= 0.6 is 0 Å². The lowest BCUT2D eigenvalue weighted by molar-refractivity contribution is -0.118. The van der Waals surface area contributed by atoms with Gasteiger partial charge in [-0.15, -0.1) is 0 Å². The predicted octanol–water partition coefficient (Wildman–Crippen LogP) is 1.69. The fourth-order valence-electron chi connectivity index (χ4n) is 2.28. The number of nitrogens with one attached hydrogen (secondary N) is 1. The molecular formula is C16H21N3O2. The summed E-state index contributed by atoms with van der Waals surface area (Å²) in [5.74, 6) is 0.775. The molecule has 0 aliphatic heterocycles. The number of anilines is 1. The number of carbonyl (C=O) groups is 1. The molecule has 1 heterocycles. The van der Waals surface area contributed by atoms with Crippen LogP contribution in [0.5, 0.6) is 0 Å². The first kappa shape index (κ1) is 15.3. The fourth-order valence-corrected chi connectivity index (χ4v) is 2.28. The lowest BCUT2D eigenvalue weighted by atomic mass is 10.1. The first-order chi connectivity index (χ1) is 10.1. The molecule has 0 bridgehead atoms. The van der Waals surface area contributed by atoms with Gasteiger partial charge in [-0.2, -0.15) is 0 Å². The van der Waals surface area contributed by atoms with Gasteiger partial charge in [0.1, 0.15) is 5.82 Å². The predicted molar refractivity (Wildman–Crippen MR) is 84.2 cm³/mol. The van der Waals surface area contributed by atoms with E-state index in [9.17, 15) is 9.90 Å². The molecular weight excluding hydrogens is 266 g/mol. The molecule has 2 aromatic rings. The number of hydrogen-bond donors (Lipinski definition) is 2. The Morgan fingerprint density at radius 3 is 2.86 bits per heavy atom. The molecule has 0 unspecified atom stereocenters. The Labute approximate surface area is 124 Å². The zero-order valence-electron chi connectivity index (χ0n) is 12.5. The Morgan fingerprint density at radius 1 is 1.38 bits per heavy atom. The minimum Gasteiger partial charge on any atom is -0.392 e. The summed E-state index contributed by atoms with van der Waals surface area (Å²) in [5.41, 5.74) is 1.73. The fraction of sp³-hybridized carbons (Fsp3) is 0.375. The van der Waals surface area contributed by atoms with E-state index in [0.29, 0.717) is 6.54 Å². The third-order valence-corrected chi connectivity index (χ3v) is 3.36. The molecule has 1 aromatic carbocycles. The first-order valence-corrected chi connectivity index (χ1v) is 7.07. The summed E-state index contributed by atoms with van der Waals surface area (Å²) >= 11 is 0. The van der Waals surface area contributed by atoms with Crippen molar-refractivity contribution in [2.75, 3.05) is 25.0 Å². The largest absolute Gasteiger partial charge is 0.392 e. The van der Waals surface area contributed by atoms with E-state index in [1.165, 1.54) is 6.92 Å². The molecule has 0 saturated heterocycles. The van der Waals surface area contributed by atoms with Gasteiger partial charge in [0.2, 0.25) is 5.91 Å². The smallest absolute Gasteiger partial charge is 0.216 e. The number of carbonyl (C=O) groups excluding carboxylic acids is 1. The molecule has 0 spiro atoms. The summed E-state index contributed by atoms with van der Waals surface area (Å²) in [6, 6.07) is 9.84. The van der Waals surface area contributed by atoms with Crippen molar-refractivity contribution < 1.29 is 9.90 Å². The molecule has 1 aromatic heterocycles. The number of fused-ring (bicyclic) bond motifs is 1. The first-order valence-electron chi connectivity index (χ1n) is 7.07. The molecule has 0 aliphatic rings. The molecule has 0 aliphatic carbocycles. The third-order valence-electron chi connectivity index (χ3n) is 3.36. The van der Waals surface area contributed by atoms with Crippen molar-refractivity contribution in [2.45, 2.75) is 20.0 Å². The summed E-state index contributed by atoms with van der Waals surface area (Å²) in [6.45, 7) is 2.88. The van der Waals surface area contributed by atoms with Crippen molar-refractivity contribution in [1.82, 2.24) is 10.3 Å². The summed E-state index contributed by atoms with van der Waals surface area (Å²) in [6.07, 6.45) is 0.829. The molecule has 2 N–H and O–H groups in total. The third kappa shape index (κ3) is 3.92. The number of pyridine rings is 1. The Hall–Kier alpha value is -2.14. The Balaban J connectivity index is 2.13. The van der Waals surface area contributed by atoms with Gasteiger partial charge in [-0.05, 0) is 18.6 Å². The van der Waals surface area contributed by atoms with Gasteiger partial charge in [-0.1, -0.05) is 18.2 Å². The van der Waals surface area contributed by atoms with Crippen LogP contribution in [0.25, 0.3) is 10.9 Å². The second kappa shape index (κ2) is 7.04. The number of aromatic nitrogens is 1. The highest BCUT2D eigenvalue weighted by Gasteiger charge is 2.10. The zero-order chi connectivity index (χ0) is 15.2. The highest BCUT2D eigenvalue weighted by molar-refractivity contribution is 5.81. The van der Waals surface area contributed by atoms with E-state index in [1.807, 2.05) is 42.3 Å². The number of nitrogens with zero attached hydrogens (tertiary/aromatic N) is 2. The van der Waals surface area contributed by atoms with Crippen molar-refractivity contribution in [3.63, 3.8) is 0 Å². The molecule has 0 radical (unpaired) electrons. The molecule has 5 heteroatoms. The second-order valence-corrected chi connectivity index (χ2v) is 5.08. The van der Waals surface area contributed by atoms with Crippen LogP contribution in [0.2, 0.25) is 0 Å². The van der Waals surface area contributed by atoms with E-state index in [0.717, 1.165) is 35.2 Å². The van der Waals surface area contributed by atoms with E-state index < -0.39 is 0 Å². The number of hydrogen-bond acceptors (Lipinski definition) is 4. The Bertz CT molecular complexity index is 628. The average Bonchev–Trinajstić information content (AvgIpc) is 2.49. The monoisotopic (exact) mass is 287 g/mol. The van der Waals surface area contributed by atoms with E-state index in [-0.39, 0.29) is 12.5 Å². The molecule has 0 atom stereocenters. The maximum atomic E-state index is 10.8. The highest BCUT2D eigenvalue weighted by atomic mass is 16.3. The number of para-hydroxylation sites is 1. The van der Waals surface area contributed by atoms with Gasteiger partial charge in [-0.3, -0.25) is 4.79 Å². The molecule has 21 heavy (non-hydrogen) atoms. The number of benzene rings is 1. The summed E-state index contributed by atoms with van der Waals surface area (Å²) in [7, 11) is 1.95. The van der Waals surface area contributed by atoms with Gasteiger partial charge in [0.05, 0.1) is 12.1 Å². The van der Waals surface area contributed by atoms with Crippen LogP contribution in [-0.2, 0) is 11.4 Å². The number of aliphatic hydroxyl groups is 1. The van der Waals surface area contributed by atoms with Crippen LogP contribution in [0.1, 0.15) is 18.9 Å². The van der Waals surface area contributed by atoms with E-state index in [4.69, 9.17) is 0 Å². The van der Waals surface area contributed by atoms with Crippen LogP contribution in [0.4, 0.5) is 5.82 Å². The maximum absolute atomic E-state index is 10.8. The highest BCUT2D eigenvalue weighted by Crippen LogP contribution is 2.23. The van der Waals surface area contributed by atoms with Gasteiger partial charge in [-0.25, -0.2) is 4.98 Å². The van der Waals surface area contributed by atoms with E-state index >= 15 is 0 Å². The second-order valence-electron chi connectivity index (χ2n) is 5.08. The molecule has 0 saturated carbocycles. The molecule has 5 nitrogen and oxygen atoms in total. The van der Waals surface area contributed by atoms with Crippen LogP contribution in [0.3, 0.4) is 0 Å². The topological polar surface area (TPSA) is 65.5 Å². The Kier molecular flexibility index (Phi) is 5.11. The summed E-state index contributed by atoms with van der Waals surface area (Å²) < 4.78 is 0. The van der Waals surface area contributed by atoms with Crippen LogP contribution in [0.15, 0.2) is 30.3 Å². The van der Waals surface area contributed by atoms with Crippen molar-refractivity contribution in [3.8, 4) is 0 Å². The SMILES string of the molecule is CC(=O)NCCCN(C)c1nc2ccccc2cc1CO. The molecule has 2 rings (SSSR count). The maximum Gasteiger partial charge on any atom is 0.216 e. The van der Waals surface area contributed by atoms with Crippen molar-refractivity contribution in [1.29, 1.82) is 0 Å². The summed E-state index contributed by atoms with van der Waals surface area (Å²) in [4.78, 5) is 17.5. The minimum atomic E-state index is -0.0385. The number of amides is 1. The Morgan fingerprint density at radius 2 is 2.14 bits per heavy atom. The van der Waals surface area contributed by atoms with Crippen molar-refractivity contribution in [2.24, 2.45) is 0 Å². The molecule has 1 amide bonds. The number of aliphatic hydroxyl groups excluding tert-OH is 1. The lowest BCUT2D eigenvalue weighted by Crippen LogP contribution is -2.27. The molecule has 112 valence electrons. The van der Waals surface area contributed by atoms with E-state index in [1.54, 1.807) is 0 Å². The van der Waals surface area contributed by atoms with Gasteiger partial charge in [0, 0.05) is 38.0 Å². The van der Waals surface area contributed by atoms with Gasteiger partial charge < -0.3 is 15.3 Å². The van der Waals surface area contributed by atoms with E-state index in [2.05, 4.69) is 10.3 Å². The zero-order valence-corrected chi connectivity index (χ0v) is 12.5. The summed E-state index contributed by atoms with van der Waals surface area (Å²) in [5, 5.41) is 13.3. The minimum absolute atomic E-state index is 0.0162. The van der Waals surface area contributed by atoms with Gasteiger partial charge in [0.15, 0.2) is 0 Å². The van der Waals surface area contributed by atoms with Crippen molar-refractivity contribution >= 4 is 22.6 Å². The van der Waals surface area contributed by atoms with Crippen LogP contribution in [0, 0.1) is 0 Å². The van der Waals surface area contributed by atoms with Gasteiger partial charge in [0.25, 0.3) is 0 Å². The van der Waals surface area contributed by atoms with Crippen LogP contribution < -0.4 is 10.2 Å². The van der Waals surface area contributed by atoms with Gasteiger partial charge >= 0.3 is 0 Å². The van der Waals surface area contributed by atoms with Crippen molar-refractivity contribution in [3.05, 3.63) is 35.9 Å².